The van der Waals surface area contributed by atoms with Gasteiger partial charge in [-0.1, -0.05) is 12.1 Å². The molecule has 1 aromatic heterocycles. The molecular formula is C11H11N3O2. The van der Waals surface area contributed by atoms with E-state index in [9.17, 15) is 4.79 Å². The van der Waals surface area contributed by atoms with Crippen LogP contribution in [-0.2, 0) is 11.2 Å². The van der Waals surface area contributed by atoms with Crippen molar-refractivity contribution >= 4 is 5.97 Å². The summed E-state index contributed by atoms with van der Waals surface area (Å²) in [5.74, 6) is 0.469. The molecule has 5 heteroatoms. The Kier molecular flexibility index (Phi) is 2.95. The van der Waals surface area contributed by atoms with Gasteiger partial charge >= 0.3 is 5.97 Å². The second-order valence-electron chi connectivity index (χ2n) is 3.30. The van der Waals surface area contributed by atoms with Gasteiger partial charge in [-0.2, -0.15) is 5.10 Å². The van der Waals surface area contributed by atoms with E-state index in [4.69, 9.17) is 0 Å². The number of H-pyrrole nitrogens is 1. The minimum atomic E-state index is -0.328. The van der Waals surface area contributed by atoms with Crippen LogP contribution in [0.5, 0.6) is 0 Å². The highest BCUT2D eigenvalue weighted by Gasteiger charge is 2.05. The van der Waals surface area contributed by atoms with Gasteiger partial charge in [-0.05, 0) is 17.7 Å². The van der Waals surface area contributed by atoms with Crippen molar-refractivity contribution < 1.29 is 9.53 Å². The van der Waals surface area contributed by atoms with Crippen LogP contribution < -0.4 is 0 Å². The van der Waals surface area contributed by atoms with E-state index in [0.717, 1.165) is 11.4 Å². The number of aromatic nitrogens is 3. The van der Waals surface area contributed by atoms with Crippen LogP contribution in [0, 0.1) is 0 Å². The second-order valence-corrected chi connectivity index (χ2v) is 3.30. The molecule has 2 aromatic rings. The molecule has 0 unspecified atom stereocenters. The van der Waals surface area contributed by atoms with Crippen LogP contribution >= 0.6 is 0 Å². The predicted octanol–water partition coefficient (Wildman–Crippen LogP) is 1.18. The van der Waals surface area contributed by atoms with Crippen molar-refractivity contribution in [2.24, 2.45) is 0 Å². The number of hydrogen-bond donors (Lipinski definition) is 1. The molecule has 0 radical (unpaired) electrons. The molecular weight excluding hydrogens is 206 g/mol. The molecule has 0 aliphatic heterocycles. The van der Waals surface area contributed by atoms with Gasteiger partial charge in [0.1, 0.15) is 12.2 Å². The van der Waals surface area contributed by atoms with Gasteiger partial charge in [-0.15, -0.1) is 0 Å². The molecule has 0 amide bonds. The van der Waals surface area contributed by atoms with Gasteiger partial charge in [0.05, 0.1) is 12.7 Å². The summed E-state index contributed by atoms with van der Waals surface area (Å²) < 4.78 is 4.61. The second kappa shape index (κ2) is 4.57. The van der Waals surface area contributed by atoms with E-state index in [1.807, 2.05) is 12.1 Å². The highest BCUT2D eigenvalue weighted by Crippen LogP contribution is 2.08. The summed E-state index contributed by atoms with van der Waals surface area (Å²) in [5.41, 5.74) is 1.60. The third kappa shape index (κ3) is 2.25. The van der Waals surface area contributed by atoms with Gasteiger partial charge in [0.15, 0.2) is 0 Å². The summed E-state index contributed by atoms with van der Waals surface area (Å²) in [6, 6.07) is 7.21. The summed E-state index contributed by atoms with van der Waals surface area (Å²) >= 11 is 0. The number of carbonyl (C=O) groups excluding carboxylic acids is 1. The largest absolute Gasteiger partial charge is 0.465 e. The quantitative estimate of drug-likeness (QED) is 0.784. The molecule has 0 saturated heterocycles. The molecule has 2 rings (SSSR count). The summed E-state index contributed by atoms with van der Waals surface area (Å²) in [6.45, 7) is 0. The molecule has 82 valence electrons. The highest BCUT2D eigenvalue weighted by molar-refractivity contribution is 5.89. The Morgan fingerprint density at radius 1 is 1.38 bits per heavy atom. The van der Waals surface area contributed by atoms with Crippen molar-refractivity contribution in [2.45, 2.75) is 6.42 Å². The zero-order chi connectivity index (χ0) is 11.4. The van der Waals surface area contributed by atoms with Crippen molar-refractivity contribution in [3.63, 3.8) is 0 Å². The van der Waals surface area contributed by atoms with E-state index in [0.29, 0.717) is 12.0 Å². The van der Waals surface area contributed by atoms with E-state index in [2.05, 4.69) is 19.9 Å². The Hall–Kier alpha value is -2.17. The topological polar surface area (TPSA) is 67.9 Å². The zero-order valence-corrected chi connectivity index (χ0v) is 8.80. The number of aromatic amines is 1. The summed E-state index contributed by atoms with van der Waals surface area (Å²) in [4.78, 5) is 15.2. The lowest BCUT2D eigenvalue weighted by atomic mass is 10.1. The van der Waals surface area contributed by atoms with Crippen molar-refractivity contribution in [3.05, 3.63) is 47.5 Å². The van der Waals surface area contributed by atoms with Crippen LogP contribution in [-0.4, -0.2) is 28.3 Å². The lowest BCUT2D eigenvalue weighted by Crippen LogP contribution is -2.01. The highest BCUT2D eigenvalue weighted by atomic mass is 16.5. The van der Waals surface area contributed by atoms with Gasteiger partial charge in [0, 0.05) is 6.42 Å². The third-order valence-electron chi connectivity index (χ3n) is 2.21. The van der Waals surface area contributed by atoms with Gasteiger partial charge in [-0.25, -0.2) is 9.78 Å². The first-order valence-corrected chi connectivity index (χ1v) is 4.81. The number of carbonyl (C=O) groups is 1. The summed E-state index contributed by atoms with van der Waals surface area (Å²) in [5, 5.41) is 6.55. The van der Waals surface area contributed by atoms with Crippen LogP contribution in [0.25, 0.3) is 0 Å². The molecule has 1 aromatic carbocycles. The summed E-state index contributed by atoms with van der Waals surface area (Å²) in [6.07, 6.45) is 2.14. The van der Waals surface area contributed by atoms with E-state index >= 15 is 0 Å². The number of rotatable bonds is 3. The Morgan fingerprint density at radius 3 is 2.69 bits per heavy atom. The molecule has 0 fully saturated rings. The number of ether oxygens (including phenoxy) is 1. The molecule has 1 heterocycles. The Labute approximate surface area is 92.5 Å². The van der Waals surface area contributed by atoms with Crippen molar-refractivity contribution in [1.29, 1.82) is 0 Å². The number of hydrogen-bond acceptors (Lipinski definition) is 4. The smallest absolute Gasteiger partial charge is 0.337 e. The van der Waals surface area contributed by atoms with Gasteiger partial charge in [-0.3, -0.25) is 5.10 Å². The molecule has 0 spiro atoms. The number of esters is 1. The normalized spacial score (nSPS) is 10.1. The van der Waals surface area contributed by atoms with Crippen LogP contribution in [0.1, 0.15) is 21.7 Å². The number of methoxy groups -OCH3 is 1. The average molecular weight is 217 g/mol. The minimum Gasteiger partial charge on any atom is -0.465 e. The SMILES string of the molecule is COC(=O)c1ccc(Cc2ncn[nH]2)cc1. The minimum absolute atomic E-state index is 0.328. The van der Waals surface area contributed by atoms with Crippen LogP contribution in [0.15, 0.2) is 30.6 Å². The molecule has 0 saturated carbocycles. The van der Waals surface area contributed by atoms with Crippen LogP contribution in [0.4, 0.5) is 0 Å². The molecule has 1 N–H and O–H groups in total. The lowest BCUT2D eigenvalue weighted by Gasteiger charge is -2.01. The van der Waals surface area contributed by atoms with E-state index in [-0.39, 0.29) is 5.97 Å². The molecule has 0 bridgehead atoms. The van der Waals surface area contributed by atoms with Crippen molar-refractivity contribution in [2.75, 3.05) is 7.11 Å². The number of benzene rings is 1. The first kappa shape index (κ1) is 10.4. The number of nitrogens with one attached hydrogen (secondary N) is 1. The first-order valence-electron chi connectivity index (χ1n) is 4.81. The van der Waals surface area contributed by atoms with Gasteiger partial charge in [0.2, 0.25) is 0 Å². The van der Waals surface area contributed by atoms with Crippen molar-refractivity contribution in [3.8, 4) is 0 Å². The lowest BCUT2D eigenvalue weighted by molar-refractivity contribution is 0.0600. The Morgan fingerprint density at radius 2 is 2.12 bits per heavy atom. The predicted molar refractivity (Wildman–Crippen MR) is 57.0 cm³/mol. The molecule has 0 aliphatic rings. The van der Waals surface area contributed by atoms with Crippen molar-refractivity contribution in [1.82, 2.24) is 15.2 Å². The molecule has 5 nitrogen and oxygen atoms in total. The number of nitrogens with zero attached hydrogens (tertiary/aromatic N) is 2. The zero-order valence-electron chi connectivity index (χ0n) is 8.80. The van der Waals surface area contributed by atoms with Gasteiger partial charge < -0.3 is 4.74 Å². The van der Waals surface area contributed by atoms with E-state index < -0.39 is 0 Å². The van der Waals surface area contributed by atoms with E-state index in [1.54, 1.807) is 12.1 Å². The fraction of sp³-hybridized carbons (Fsp3) is 0.182. The van der Waals surface area contributed by atoms with E-state index in [1.165, 1.54) is 13.4 Å². The standard InChI is InChI=1S/C11H11N3O2/c1-16-11(15)9-4-2-8(3-5-9)6-10-12-7-13-14-10/h2-5,7H,6H2,1H3,(H,12,13,14). The average Bonchev–Trinajstić information content (AvgIpc) is 2.82. The molecule has 16 heavy (non-hydrogen) atoms. The molecule has 0 atom stereocenters. The maximum Gasteiger partial charge on any atom is 0.337 e. The fourth-order valence-corrected chi connectivity index (χ4v) is 1.39. The fourth-order valence-electron chi connectivity index (χ4n) is 1.39. The maximum absolute atomic E-state index is 11.2. The summed E-state index contributed by atoms with van der Waals surface area (Å²) in [7, 11) is 1.37. The van der Waals surface area contributed by atoms with Gasteiger partial charge in [0.25, 0.3) is 0 Å². The maximum atomic E-state index is 11.2. The Balaban J connectivity index is 2.10. The Bertz CT molecular complexity index is 462. The van der Waals surface area contributed by atoms with Crippen LogP contribution in [0.2, 0.25) is 0 Å². The molecule has 0 aliphatic carbocycles. The third-order valence-corrected chi connectivity index (χ3v) is 2.21. The monoisotopic (exact) mass is 217 g/mol. The van der Waals surface area contributed by atoms with Crippen LogP contribution in [0.3, 0.4) is 0 Å². The first-order chi connectivity index (χ1) is 7.79.